The predicted octanol–water partition coefficient (Wildman–Crippen LogP) is 3.29. The summed E-state index contributed by atoms with van der Waals surface area (Å²) in [6.07, 6.45) is 0. The molecule has 0 bridgehead atoms. The Kier molecular flexibility index (Phi) is 1.58. The molecule has 2 aromatic rings. The van der Waals surface area contributed by atoms with Crippen LogP contribution in [0.3, 0.4) is 0 Å². The summed E-state index contributed by atoms with van der Waals surface area (Å²) >= 11 is 0. The average Bonchev–Trinajstić information content (AvgIpc) is 2.12. The molecular weight excluding hydrogens is 151 g/mol. The summed E-state index contributed by atoms with van der Waals surface area (Å²) in [5.74, 6) is -0.104. The highest BCUT2D eigenvalue weighted by molar-refractivity contribution is 5.83. The van der Waals surface area contributed by atoms with Gasteiger partial charge in [-0.2, -0.15) is 0 Å². The number of fused-ring (bicyclic) bond motifs is 1. The van der Waals surface area contributed by atoms with Gasteiger partial charge in [-0.1, -0.05) is 36.4 Å². The Hall–Kier alpha value is -1.37. The molecule has 0 aliphatic heterocycles. The van der Waals surface area contributed by atoms with Crippen LogP contribution in [0.15, 0.2) is 36.4 Å². The van der Waals surface area contributed by atoms with Crippen LogP contribution in [0, 0.1) is 12.7 Å². The molecule has 0 unspecified atom stereocenters. The minimum absolute atomic E-state index is 0.104. The molecule has 60 valence electrons. The van der Waals surface area contributed by atoms with E-state index in [0.717, 1.165) is 5.39 Å². The summed E-state index contributed by atoms with van der Waals surface area (Å²) < 4.78 is 13.4. The lowest BCUT2D eigenvalue weighted by molar-refractivity contribution is 0.631. The van der Waals surface area contributed by atoms with Gasteiger partial charge in [0.05, 0.1) is 0 Å². The van der Waals surface area contributed by atoms with E-state index in [4.69, 9.17) is 0 Å². The van der Waals surface area contributed by atoms with E-state index in [1.54, 1.807) is 19.1 Å². The number of halogens is 1. The smallest absolute Gasteiger partial charge is 0.133 e. The fourth-order valence-corrected chi connectivity index (χ4v) is 1.34. The van der Waals surface area contributed by atoms with E-state index in [2.05, 4.69) is 0 Å². The monoisotopic (exact) mass is 160 g/mol. The van der Waals surface area contributed by atoms with E-state index in [1.165, 1.54) is 0 Å². The third-order valence-electron chi connectivity index (χ3n) is 2.06. The minimum atomic E-state index is -0.104. The lowest BCUT2D eigenvalue weighted by Crippen LogP contribution is -1.83. The number of hydrogen-bond acceptors (Lipinski definition) is 0. The van der Waals surface area contributed by atoms with Crippen molar-refractivity contribution in [2.24, 2.45) is 0 Å². The third-order valence-corrected chi connectivity index (χ3v) is 2.06. The highest BCUT2D eigenvalue weighted by Gasteiger charge is 2.01. The molecule has 0 saturated carbocycles. The van der Waals surface area contributed by atoms with Crippen LogP contribution < -0.4 is 0 Å². The number of rotatable bonds is 0. The maximum atomic E-state index is 13.4. The van der Waals surface area contributed by atoms with Crippen molar-refractivity contribution < 1.29 is 4.39 Å². The lowest BCUT2D eigenvalue weighted by Gasteiger charge is -2.00. The topological polar surface area (TPSA) is 0 Å². The van der Waals surface area contributed by atoms with E-state index >= 15 is 0 Å². The maximum Gasteiger partial charge on any atom is 0.133 e. The summed E-state index contributed by atoms with van der Waals surface area (Å²) in [6.45, 7) is 1.78. The van der Waals surface area contributed by atoms with Gasteiger partial charge in [0.25, 0.3) is 0 Å². The Morgan fingerprint density at radius 2 is 1.75 bits per heavy atom. The third kappa shape index (κ3) is 0.981. The molecule has 0 spiro atoms. The SMILES string of the molecule is Cc1ccc2ccccc2c1F. The van der Waals surface area contributed by atoms with Gasteiger partial charge in [-0.3, -0.25) is 0 Å². The molecular formula is C11H9F. The van der Waals surface area contributed by atoms with E-state index < -0.39 is 0 Å². The Bertz CT molecular complexity index is 418. The van der Waals surface area contributed by atoms with E-state index in [-0.39, 0.29) is 5.82 Å². The van der Waals surface area contributed by atoms with Crippen LogP contribution in [0.2, 0.25) is 0 Å². The van der Waals surface area contributed by atoms with Crippen LogP contribution in [0.4, 0.5) is 4.39 Å². The maximum absolute atomic E-state index is 13.4. The molecule has 0 N–H and O–H groups in total. The van der Waals surface area contributed by atoms with Crippen molar-refractivity contribution in [3.8, 4) is 0 Å². The quantitative estimate of drug-likeness (QED) is 0.554. The van der Waals surface area contributed by atoms with Gasteiger partial charge in [0.2, 0.25) is 0 Å². The van der Waals surface area contributed by atoms with Gasteiger partial charge in [0.15, 0.2) is 0 Å². The fourth-order valence-electron chi connectivity index (χ4n) is 1.34. The summed E-state index contributed by atoms with van der Waals surface area (Å²) in [5, 5.41) is 1.66. The van der Waals surface area contributed by atoms with Crippen molar-refractivity contribution in [2.45, 2.75) is 6.92 Å². The highest BCUT2D eigenvalue weighted by Crippen LogP contribution is 2.19. The average molecular weight is 160 g/mol. The second-order valence-electron chi connectivity index (χ2n) is 2.92. The van der Waals surface area contributed by atoms with Crippen LogP contribution in [-0.2, 0) is 0 Å². The van der Waals surface area contributed by atoms with Crippen molar-refractivity contribution in [1.29, 1.82) is 0 Å². The summed E-state index contributed by atoms with van der Waals surface area (Å²) in [6, 6.07) is 11.2. The van der Waals surface area contributed by atoms with Gasteiger partial charge in [0.1, 0.15) is 5.82 Å². The molecule has 0 saturated heterocycles. The van der Waals surface area contributed by atoms with Gasteiger partial charge in [-0.15, -0.1) is 0 Å². The molecule has 0 aliphatic carbocycles. The molecule has 0 aliphatic rings. The predicted molar refractivity (Wildman–Crippen MR) is 48.6 cm³/mol. The summed E-state index contributed by atoms with van der Waals surface area (Å²) in [7, 11) is 0. The molecule has 0 radical (unpaired) electrons. The van der Waals surface area contributed by atoms with Gasteiger partial charge >= 0.3 is 0 Å². The van der Waals surface area contributed by atoms with Gasteiger partial charge in [-0.25, -0.2) is 4.39 Å². The van der Waals surface area contributed by atoms with Gasteiger partial charge in [0, 0.05) is 5.39 Å². The zero-order chi connectivity index (χ0) is 8.55. The van der Waals surface area contributed by atoms with Gasteiger partial charge < -0.3 is 0 Å². The summed E-state index contributed by atoms with van der Waals surface area (Å²) in [5.41, 5.74) is 0.703. The van der Waals surface area contributed by atoms with E-state index in [0.29, 0.717) is 10.9 Å². The number of hydrogen-bond donors (Lipinski definition) is 0. The Morgan fingerprint density at radius 3 is 2.58 bits per heavy atom. The zero-order valence-electron chi connectivity index (χ0n) is 6.84. The van der Waals surface area contributed by atoms with Crippen molar-refractivity contribution >= 4 is 10.8 Å². The molecule has 2 aromatic carbocycles. The molecule has 0 nitrogen and oxygen atoms in total. The van der Waals surface area contributed by atoms with Crippen LogP contribution in [0.5, 0.6) is 0 Å². The standard InChI is InChI=1S/C11H9F/c1-8-6-7-9-4-2-3-5-10(9)11(8)12/h2-7H,1H3. The van der Waals surface area contributed by atoms with Crippen molar-refractivity contribution in [3.05, 3.63) is 47.8 Å². The van der Waals surface area contributed by atoms with Crippen LogP contribution in [0.1, 0.15) is 5.56 Å². The number of benzene rings is 2. The normalized spacial score (nSPS) is 10.5. The van der Waals surface area contributed by atoms with Crippen LogP contribution in [0.25, 0.3) is 10.8 Å². The van der Waals surface area contributed by atoms with Crippen LogP contribution >= 0.6 is 0 Å². The fraction of sp³-hybridized carbons (Fsp3) is 0.0909. The highest BCUT2D eigenvalue weighted by atomic mass is 19.1. The van der Waals surface area contributed by atoms with Gasteiger partial charge in [-0.05, 0) is 17.9 Å². The first-order valence-corrected chi connectivity index (χ1v) is 3.93. The first-order valence-electron chi connectivity index (χ1n) is 3.93. The van der Waals surface area contributed by atoms with Crippen LogP contribution in [-0.4, -0.2) is 0 Å². The molecule has 0 aromatic heterocycles. The Morgan fingerprint density at radius 1 is 1.00 bits per heavy atom. The first-order chi connectivity index (χ1) is 5.79. The number of aryl methyl sites for hydroxylation is 1. The minimum Gasteiger partial charge on any atom is -0.206 e. The van der Waals surface area contributed by atoms with Crippen molar-refractivity contribution in [2.75, 3.05) is 0 Å². The van der Waals surface area contributed by atoms with Crippen molar-refractivity contribution in [1.82, 2.24) is 0 Å². The summed E-state index contributed by atoms with van der Waals surface area (Å²) in [4.78, 5) is 0. The Labute approximate surface area is 70.6 Å². The lowest BCUT2D eigenvalue weighted by atomic mass is 10.1. The second-order valence-corrected chi connectivity index (χ2v) is 2.92. The molecule has 0 fully saturated rings. The molecule has 0 amide bonds. The van der Waals surface area contributed by atoms with E-state index in [1.807, 2.05) is 24.3 Å². The molecule has 12 heavy (non-hydrogen) atoms. The largest absolute Gasteiger partial charge is 0.206 e. The molecule has 2 rings (SSSR count). The van der Waals surface area contributed by atoms with E-state index in [9.17, 15) is 4.39 Å². The molecule has 1 heteroatoms. The second kappa shape index (κ2) is 2.59. The zero-order valence-corrected chi connectivity index (χ0v) is 6.84. The molecule has 0 atom stereocenters. The molecule has 0 heterocycles. The van der Waals surface area contributed by atoms with Crippen molar-refractivity contribution in [3.63, 3.8) is 0 Å². The Balaban J connectivity index is 2.91. The first kappa shape index (κ1) is 7.29.